The van der Waals surface area contributed by atoms with Gasteiger partial charge in [-0.25, -0.2) is 0 Å². The molecule has 0 aliphatic heterocycles. The molecule has 1 aromatic heterocycles. The zero-order valence-electron chi connectivity index (χ0n) is 11.8. The Morgan fingerprint density at radius 3 is 2.68 bits per heavy atom. The molecule has 1 heterocycles. The van der Waals surface area contributed by atoms with Crippen LogP contribution in [-0.4, -0.2) is 10.9 Å². The number of fused-ring (bicyclic) bond motifs is 1. The molecule has 0 spiro atoms. The average Bonchev–Trinajstić information content (AvgIpc) is 2.50. The number of halogens is 1. The van der Waals surface area contributed by atoms with Crippen LogP contribution < -0.4 is 10.9 Å². The molecule has 0 radical (unpaired) electrons. The fourth-order valence-corrected chi connectivity index (χ4v) is 2.94. The van der Waals surface area contributed by atoms with Gasteiger partial charge >= 0.3 is 0 Å². The van der Waals surface area contributed by atoms with E-state index in [1.54, 1.807) is 18.2 Å². The summed E-state index contributed by atoms with van der Waals surface area (Å²) >= 11 is 2.22. The molecule has 2 N–H and O–H groups in total. The van der Waals surface area contributed by atoms with Crippen molar-refractivity contribution in [3.8, 4) is 0 Å². The Balaban J connectivity index is 1.97. The van der Waals surface area contributed by atoms with Crippen molar-refractivity contribution in [2.75, 3.05) is 5.32 Å². The van der Waals surface area contributed by atoms with E-state index in [1.807, 2.05) is 37.3 Å². The van der Waals surface area contributed by atoms with Crippen molar-refractivity contribution >= 4 is 45.0 Å². The van der Waals surface area contributed by atoms with Gasteiger partial charge in [-0.1, -0.05) is 18.2 Å². The van der Waals surface area contributed by atoms with Crippen LogP contribution in [0.2, 0.25) is 0 Å². The number of aromatic nitrogens is 1. The molecule has 0 saturated heterocycles. The maximum absolute atomic E-state index is 12.4. The molecule has 1 amide bonds. The lowest BCUT2D eigenvalue weighted by Crippen LogP contribution is -2.19. The maximum Gasteiger partial charge on any atom is 0.272 e. The first kappa shape index (κ1) is 14.8. The number of hydrogen-bond donors (Lipinski definition) is 2. The van der Waals surface area contributed by atoms with Crippen LogP contribution in [-0.2, 0) is 0 Å². The lowest BCUT2D eigenvalue weighted by molar-refractivity contribution is 0.102. The van der Waals surface area contributed by atoms with Crippen molar-refractivity contribution in [2.45, 2.75) is 6.92 Å². The molecule has 3 aromatic rings. The molecular weight excluding hydrogens is 391 g/mol. The second-order valence-electron chi connectivity index (χ2n) is 5.01. The molecule has 0 aliphatic carbocycles. The van der Waals surface area contributed by atoms with Crippen LogP contribution in [0.15, 0.2) is 53.3 Å². The zero-order chi connectivity index (χ0) is 15.7. The number of pyridine rings is 1. The minimum atomic E-state index is -0.327. The summed E-state index contributed by atoms with van der Waals surface area (Å²) in [5.41, 5.74) is 1.70. The average molecular weight is 404 g/mol. The number of hydrogen-bond acceptors (Lipinski definition) is 2. The number of amides is 1. The molecule has 0 fully saturated rings. The van der Waals surface area contributed by atoms with Crippen LogP contribution in [0.3, 0.4) is 0 Å². The number of aromatic amines is 1. The smallest absolute Gasteiger partial charge is 0.272 e. The largest absolute Gasteiger partial charge is 0.320 e. The molecule has 0 atom stereocenters. The van der Waals surface area contributed by atoms with Crippen molar-refractivity contribution in [3.63, 3.8) is 0 Å². The van der Waals surface area contributed by atoms with E-state index < -0.39 is 0 Å². The normalized spacial score (nSPS) is 10.6. The number of carbonyl (C=O) groups is 1. The molecule has 22 heavy (non-hydrogen) atoms. The Kier molecular flexibility index (Phi) is 3.98. The van der Waals surface area contributed by atoms with Crippen molar-refractivity contribution in [3.05, 3.63) is 73.7 Å². The van der Waals surface area contributed by atoms with E-state index in [2.05, 4.69) is 32.9 Å². The zero-order valence-corrected chi connectivity index (χ0v) is 14.0. The van der Waals surface area contributed by atoms with Gasteiger partial charge in [-0.15, -0.1) is 0 Å². The van der Waals surface area contributed by atoms with Gasteiger partial charge < -0.3 is 10.3 Å². The summed E-state index contributed by atoms with van der Waals surface area (Å²) in [6, 6.07) is 14.6. The summed E-state index contributed by atoms with van der Waals surface area (Å²) in [6.07, 6.45) is 0. The standard InChI is InChI=1S/C17H13IN2O2/c1-10-8-12(18)6-7-14(10)19-17(22)15-9-11-4-2-3-5-13(11)16(21)20-15/h2-9H,1H3,(H,19,22)(H,20,21). The number of anilines is 1. The summed E-state index contributed by atoms with van der Waals surface area (Å²) < 4.78 is 1.10. The SMILES string of the molecule is Cc1cc(I)ccc1NC(=O)c1cc2ccccc2c(=O)[nH]1. The van der Waals surface area contributed by atoms with E-state index in [-0.39, 0.29) is 17.2 Å². The Morgan fingerprint density at radius 2 is 1.91 bits per heavy atom. The second-order valence-corrected chi connectivity index (χ2v) is 6.26. The topological polar surface area (TPSA) is 62.0 Å². The maximum atomic E-state index is 12.4. The van der Waals surface area contributed by atoms with Gasteiger partial charge in [0.2, 0.25) is 0 Å². The van der Waals surface area contributed by atoms with Crippen LogP contribution in [0.5, 0.6) is 0 Å². The van der Waals surface area contributed by atoms with Crippen LogP contribution in [0, 0.1) is 10.5 Å². The molecule has 5 heteroatoms. The van der Waals surface area contributed by atoms with Gasteiger partial charge in [0.15, 0.2) is 0 Å². The highest BCUT2D eigenvalue weighted by atomic mass is 127. The van der Waals surface area contributed by atoms with Crippen LogP contribution >= 0.6 is 22.6 Å². The highest BCUT2D eigenvalue weighted by Gasteiger charge is 2.11. The minimum Gasteiger partial charge on any atom is -0.320 e. The summed E-state index contributed by atoms with van der Waals surface area (Å²) in [4.78, 5) is 27.0. The number of benzene rings is 2. The quantitative estimate of drug-likeness (QED) is 0.640. The van der Waals surface area contributed by atoms with Gasteiger partial charge in [-0.3, -0.25) is 9.59 Å². The van der Waals surface area contributed by atoms with Gasteiger partial charge in [0.05, 0.1) is 0 Å². The van der Waals surface area contributed by atoms with Crippen LogP contribution in [0.1, 0.15) is 16.1 Å². The van der Waals surface area contributed by atoms with Gasteiger partial charge in [0.25, 0.3) is 11.5 Å². The monoisotopic (exact) mass is 404 g/mol. The molecule has 0 aliphatic rings. The first-order valence-electron chi connectivity index (χ1n) is 6.74. The third-order valence-electron chi connectivity index (χ3n) is 3.43. The number of H-pyrrole nitrogens is 1. The van der Waals surface area contributed by atoms with Gasteiger partial charge in [0.1, 0.15) is 5.69 Å². The summed E-state index contributed by atoms with van der Waals surface area (Å²) in [5.74, 6) is -0.327. The number of nitrogens with one attached hydrogen (secondary N) is 2. The van der Waals surface area contributed by atoms with E-state index >= 15 is 0 Å². The lowest BCUT2D eigenvalue weighted by Gasteiger charge is -2.09. The van der Waals surface area contributed by atoms with E-state index in [1.165, 1.54) is 0 Å². The summed E-state index contributed by atoms with van der Waals surface area (Å²) in [6.45, 7) is 1.93. The van der Waals surface area contributed by atoms with Crippen molar-refractivity contribution < 1.29 is 4.79 Å². The minimum absolute atomic E-state index is 0.252. The first-order valence-corrected chi connectivity index (χ1v) is 7.82. The molecule has 0 unspecified atom stereocenters. The van der Waals surface area contributed by atoms with Gasteiger partial charge in [0, 0.05) is 14.6 Å². The predicted molar refractivity (Wildman–Crippen MR) is 96.4 cm³/mol. The molecule has 0 bridgehead atoms. The molecule has 110 valence electrons. The van der Waals surface area contributed by atoms with Crippen molar-refractivity contribution in [1.29, 1.82) is 0 Å². The van der Waals surface area contributed by atoms with Gasteiger partial charge in [-0.2, -0.15) is 0 Å². The Labute approximate surface area is 140 Å². The van der Waals surface area contributed by atoms with Crippen molar-refractivity contribution in [2.24, 2.45) is 0 Å². The Bertz CT molecular complexity index is 931. The Hall–Kier alpha value is -2.15. The molecule has 3 rings (SSSR count). The van der Waals surface area contributed by atoms with Crippen molar-refractivity contribution in [1.82, 2.24) is 4.98 Å². The molecular formula is C17H13IN2O2. The fraction of sp³-hybridized carbons (Fsp3) is 0.0588. The first-order chi connectivity index (χ1) is 10.5. The fourth-order valence-electron chi connectivity index (χ4n) is 2.29. The highest BCUT2D eigenvalue weighted by molar-refractivity contribution is 14.1. The molecule has 2 aromatic carbocycles. The second kappa shape index (κ2) is 5.92. The lowest BCUT2D eigenvalue weighted by atomic mass is 10.1. The Morgan fingerprint density at radius 1 is 1.14 bits per heavy atom. The van der Waals surface area contributed by atoms with E-state index in [0.717, 1.165) is 20.2 Å². The van der Waals surface area contributed by atoms with Crippen LogP contribution in [0.4, 0.5) is 5.69 Å². The van der Waals surface area contributed by atoms with Gasteiger partial charge in [-0.05, 0) is 70.8 Å². The predicted octanol–water partition coefficient (Wildman–Crippen LogP) is 3.69. The number of aryl methyl sites for hydroxylation is 1. The van der Waals surface area contributed by atoms with Crippen LogP contribution in [0.25, 0.3) is 10.8 Å². The number of rotatable bonds is 2. The number of carbonyl (C=O) groups excluding carboxylic acids is 1. The summed E-state index contributed by atoms with van der Waals surface area (Å²) in [5, 5.41) is 4.15. The highest BCUT2D eigenvalue weighted by Crippen LogP contribution is 2.18. The van der Waals surface area contributed by atoms with E-state index in [9.17, 15) is 9.59 Å². The van der Waals surface area contributed by atoms with E-state index in [4.69, 9.17) is 0 Å². The third-order valence-corrected chi connectivity index (χ3v) is 4.11. The third kappa shape index (κ3) is 2.89. The molecule has 4 nitrogen and oxygen atoms in total. The van der Waals surface area contributed by atoms with E-state index in [0.29, 0.717) is 5.39 Å². The molecule has 0 saturated carbocycles. The summed E-state index contributed by atoms with van der Waals surface area (Å²) in [7, 11) is 0.